The summed E-state index contributed by atoms with van der Waals surface area (Å²) in [6, 6.07) is 0. The van der Waals surface area contributed by atoms with Gasteiger partial charge in [-0.05, 0) is 19.4 Å². The third-order valence-electron chi connectivity index (χ3n) is 3.07. The van der Waals surface area contributed by atoms with Gasteiger partial charge in [-0.25, -0.2) is 0 Å². The van der Waals surface area contributed by atoms with Crippen LogP contribution in [0.15, 0.2) is 18.6 Å². The van der Waals surface area contributed by atoms with E-state index in [1.807, 2.05) is 31.8 Å². The van der Waals surface area contributed by atoms with Crippen LogP contribution in [0.25, 0.3) is 0 Å². The van der Waals surface area contributed by atoms with E-state index in [4.69, 9.17) is 0 Å². The fraction of sp³-hybridized carbons (Fsp3) is 0.500. The molecule has 5 heteroatoms. The zero-order valence-electron chi connectivity index (χ0n) is 10.5. The summed E-state index contributed by atoms with van der Waals surface area (Å²) >= 11 is 0. The molecule has 0 amide bonds. The van der Waals surface area contributed by atoms with Crippen LogP contribution in [0.4, 0.5) is 0 Å². The highest BCUT2D eigenvalue weighted by Crippen LogP contribution is 2.20. The van der Waals surface area contributed by atoms with E-state index in [-0.39, 0.29) is 0 Å². The highest BCUT2D eigenvalue weighted by molar-refractivity contribution is 5.21. The number of aromatic nitrogens is 4. The largest absolute Gasteiger partial charge is 0.388 e. The Labute approximate surface area is 101 Å². The Balaban J connectivity index is 2.11. The van der Waals surface area contributed by atoms with Crippen LogP contribution in [-0.2, 0) is 20.0 Å². The third-order valence-corrected chi connectivity index (χ3v) is 3.07. The molecule has 0 aliphatic rings. The number of aliphatic hydroxyl groups excluding tert-OH is 1. The maximum Gasteiger partial charge on any atom is 0.0864 e. The molecule has 0 aliphatic carbocycles. The first-order valence-electron chi connectivity index (χ1n) is 5.79. The second-order valence-corrected chi connectivity index (χ2v) is 4.23. The molecule has 2 heterocycles. The van der Waals surface area contributed by atoms with Crippen molar-refractivity contribution < 1.29 is 5.11 Å². The molecule has 2 aromatic rings. The zero-order chi connectivity index (χ0) is 12.4. The lowest BCUT2D eigenvalue weighted by Crippen LogP contribution is -2.03. The number of hydrogen-bond acceptors (Lipinski definition) is 3. The molecule has 1 atom stereocenters. The van der Waals surface area contributed by atoms with E-state index in [2.05, 4.69) is 10.2 Å². The van der Waals surface area contributed by atoms with Gasteiger partial charge in [0.25, 0.3) is 0 Å². The molecule has 2 aromatic heterocycles. The highest BCUT2D eigenvalue weighted by atomic mass is 16.3. The van der Waals surface area contributed by atoms with E-state index in [0.717, 1.165) is 23.4 Å². The minimum atomic E-state index is -0.516. The van der Waals surface area contributed by atoms with Crippen molar-refractivity contribution >= 4 is 0 Å². The fourth-order valence-corrected chi connectivity index (χ4v) is 1.86. The van der Waals surface area contributed by atoms with Crippen molar-refractivity contribution in [1.29, 1.82) is 0 Å². The van der Waals surface area contributed by atoms with Crippen LogP contribution >= 0.6 is 0 Å². The quantitative estimate of drug-likeness (QED) is 0.865. The van der Waals surface area contributed by atoms with E-state index in [1.54, 1.807) is 17.1 Å². The molecule has 2 rings (SSSR count). The van der Waals surface area contributed by atoms with Gasteiger partial charge in [-0.1, -0.05) is 0 Å². The number of nitrogens with zero attached hydrogens (tertiary/aromatic N) is 4. The Morgan fingerprint density at radius 3 is 2.65 bits per heavy atom. The lowest BCUT2D eigenvalue weighted by atomic mass is 10.0. The highest BCUT2D eigenvalue weighted by Gasteiger charge is 2.15. The van der Waals surface area contributed by atoms with Crippen molar-refractivity contribution in [2.45, 2.75) is 32.9 Å². The molecular weight excluding hydrogens is 216 g/mol. The summed E-state index contributed by atoms with van der Waals surface area (Å²) in [6.07, 6.45) is 5.56. The summed E-state index contributed by atoms with van der Waals surface area (Å²) in [5.74, 6) is 0. The van der Waals surface area contributed by atoms with Crippen LogP contribution in [0.1, 0.15) is 29.8 Å². The van der Waals surface area contributed by atoms with Crippen LogP contribution in [0.3, 0.4) is 0 Å². The fourth-order valence-electron chi connectivity index (χ4n) is 1.86. The Morgan fingerprint density at radius 2 is 2.12 bits per heavy atom. The number of aryl methyl sites for hydroxylation is 2. The van der Waals surface area contributed by atoms with Crippen molar-refractivity contribution in [3.63, 3.8) is 0 Å². The molecule has 17 heavy (non-hydrogen) atoms. The van der Waals surface area contributed by atoms with Crippen LogP contribution in [0.2, 0.25) is 0 Å². The predicted molar refractivity (Wildman–Crippen MR) is 64.5 cm³/mol. The van der Waals surface area contributed by atoms with Crippen molar-refractivity contribution in [2.24, 2.45) is 7.05 Å². The third kappa shape index (κ3) is 2.39. The summed E-state index contributed by atoms with van der Waals surface area (Å²) < 4.78 is 3.63. The molecule has 0 spiro atoms. The van der Waals surface area contributed by atoms with Crippen molar-refractivity contribution in [3.05, 3.63) is 35.4 Å². The van der Waals surface area contributed by atoms with E-state index >= 15 is 0 Å². The lowest BCUT2D eigenvalue weighted by Gasteiger charge is -2.08. The van der Waals surface area contributed by atoms with Crippen molar-refractivity contribution in [1.82, 2.24) is 19.6 Å². The maximum atomic E-state index is 10.2. The van der Waals surface area contributed by atoms with Gasteiger partial charge in [-0.15, -0.1) is 0 Å². The number of aliphatic hydroxyl groups is 1. The Bertz CT molecular complexity index is 500. The molecule has 5 nitrogen and oxygen atoms in total. The second kappa shape index (κ2) is 4.71. The van der Waals surface area contributed by atoms with Crippen molar-refractivity contribution in [3.8, 4) is 0 Å². The molecule has 0 radical (unpaired) electrons. The van der Waals surface area contributed by atoms with Gasteiger partial charge in [0.05, 0.1) is 18.5 Å². The van der Waals surface area contributed by atoms with Gasteiger partial charge in [0.15, 0.2) is 0 Å². The van der Waals surface area contributed by atoms with Gasteiger partial charge >= 0.3 is 0 Å². The van der Waals surface area contributed by atoms with Gasteiger partial charge in [0.2, 0.25) is 0 Å². The topological polar surface area (TPSA) is 55.9 Å². The van der Waals surface area contributed by atoms with Gasteiger partial charge in [0.1, 0.15) is 0 Å². The molecule has 0 saturated carbocycles. The average Bonchev–Trinajstić information content (AvgIpc) is 2.88. The summed E-state index contributed by atoms with van der Waals surface area (Å²) in [5.41, 5.74) is 2.93. The maximum absolute atomic E-state index is 10.2. The number of rotatable bonds is 4. The van der Waals surface area contributed by atoms with Crippen LogP contribution in [-0.4, -0.2) is 24.7 Å². The van der Waals surface area contributed by atoms with E-state index in [9.17, 15) is 5.11 Å². The molecule has 1 unspecified atom stereocenters. The lowest BCUT2D eigenvalue weighted by molar-refractivity contribution is 0.177. The number of hydrogen-bond donors (Lipinski definition) is 1. The monoisotopic (exact) mass is 234 g/mol. The minimum absolute atomic E-state index is 0.516. The molecule has 92 valence electrons. The first-order chi connectivity index (χ1) is 8.11. The minimum Gasteiger partial charge on any atom is -0.388 e. The molecule has 0 saturated heterocycles. The first-order valence-corrected chi connectivity index (χ1v) is 5.79. The summed E-state index contributed by atoms with van der Waals surface area (Å²) in [6.45, 7) is 4.85. The molecule has 0 aliphatic heterocycles. The van der Waals surface area contributed by atoms with Gasteiger partial charge < -0.3 is 5.11 Å². The van der Waals surface area contributed by atoms with Gasteiger partial charge in [-0.3, -0.25) is 9.36 Å². The van der Waals surface area contributed by atoms with E-state index in [0.29, 0.717) is 6.42 Å². The smallest absolute Gasteiger partial charge is 0.0864 e. The molecule has 0 bridgehead atoms. The average molecular weight is 234 g/mol. The van der Waals surface area contributed by atoms with E-state index in [1.165, 1.54) is 0 Å². The summed E-state index contributed by atoms with van der Waals surface area (Å²) in [5, 5.41) is 18.5. The molecule has 0 aromatic carbocycles. The van der Waals surface area contributed by atoms with Crippen LogP contribution in [0, 0.1) is 6.92 Å². The van der Waals surface area contributed by atoms with Gasteiger partial charge in [-0.2, -0.15) is 10.2 Å². The first kappa shape index (κ1) is 11.9. The van der Waals surface area contributed by atoms with Crippen LogP contribution in [0.5, 0.6) is 0 Å². The standard InChI is InChI=1S/C12H18N4O/c1-4-16-8-10(6-14-16)5-12(17)11-7-13-15(3)9(11)2/h6-8,12,17H,4-5H2,1-3H3. The molecule has 1 N–H and O–H groups in total. The van der Waals surface area contributed by atoms with E-state index < -0.39 is 6.10 Å². The van der Waals surface area contributed by atoms with Crippen LogP contribution < -0.4 is 0 Å². The normalized spacial score (nSPS) is 12.9. The van der Waals surface area contributed by atoms with Gasteiger partial charge in [0, 0.05) is 37.5 Å². The SMILES string of the molecule is CCn1cc(CC(O)c2cnn(C)c2C)cn1. The molecular formula is C12H18N4O. The second-order valence-electron chi connectivity index (χ2n) is 4.23. The Morgan fingerprint density at radius 1 is 1.35 bits per heavy atom. The summed E-state index contributed by atoms with van der Waals surface area (Å²) in [4.78, 5) is 0. The predicted octanol–water partition coefficient (Wildman–Crippen LogP) is 1.22. The Hall–Kier alpha value is -1.62. The Kier molecular flexibility index (Phi) is 3.28. The summed E-state index contributed by atoms with van der Waals surface area (Å²) in [7, 11) is 1.88. The molecule has 0 fully saturated rings. The zero-order valence-corrected chi connectivity index (χ0v) is 10.5. The van der Waals surface area contributed by atoms with Crippen molar-refractivity contribution in [2.75, 3.05) is 0 Å².